The van der Waals surface area contributed by atoms with Crippen molar-refractivity contribution < 1.29 is 9.18 Å². The molecule has 2 fully saturated rings. The molecule has 28 heavy (non-hydrogen) atoms. The number of aryl methyl sites for hydroxylation is 1. The lowest BCUT2D eigenvalue weighted by Gasteiger charge is -2.49. The number of anilines is 1. The molecule has 0 aromatic heterocycles. The zero-order chi connectivity index (χ0) is 19.5. The Bertz CT molecular complexity index is 809. The quantitative estimate of drug-likeness (QED) is 0.796. The molecule has 2 aliphatic rings. The van der Waals surface area contributed by atoms with Gasteiger partial charge in [-0.3, -0.25) is 4.90 Å². The number of nitrogens with one attached hydrogen (secondary N) is 2. The zero-order valence-corrected chi connectivity index (χ0v) is 16.3. The fraction of sp³-hybridized carbons (Fsp3) is 0.435. The van der Waals surface area contributed by atoms with Gasteiger partial charge in [-0.1, -0.05) is 48.4 Å². The summed E-state index contributed by atoms with van der Waals surface area (Å²) < 4.78 is 13.8. The molecule has 148 valence electrons. The summed E-state index contributed by atoms with van der Waals surface area (Å²) in [7, 11) is 0. The minimum Gasteiger partial charge on any atom is -0.335 e. The van der Waals surface area contributed by atoms with Crippen LogP contribution in [0.25, 0.3) is 0 Å². The Morgan fingerprint density at radius 1 is 1.07 bits per heavy atom. The Morgan fingerprint density at radius 3 is 2.43 bits per heavy atom. The summed E-state index contributed by atoms with van der Waals surface area (Å²) in [4.78, 5) is 15.0. The number of piperidine rings is 2. The van der Waals surface area contributed by atoms with Gasteiger partial charge in [0.25, 0.3) is 0 Å². The topological polar surface area (TPSA) is 44.4 Å². The first-order chi connectivity index (χ1) is 13.6. The van der Waals surface area contributed by atoms with Gasteiger partial charge in [0.1, 0.15) is 5.82 Å². The van der Waals surface area contributed by atoms with Crippen LogP contribution in [0.15, 0.2) is 48.5 Å². The van der Waals surface area contributed by atoms with Gasteiger partial charge < -0.3 is 10.6 Å². The lowest BCUT2D eigenvalue weighted by atomic mass is 9.81. The normalized spacial score (nSPS) is 24.6. The van der Waals surface area contributed by atoms with Crippen LogP contribution < -0.4 is 10.6 Å². The molecule has 0 spiro atoms. The van der Waals surface area contributed by atoms with Gasteiger partial charge in [0.15, 0.2) is 0 Å². The van der Waals surface area contributed by atoms with E-state index in [1.54, 1.807) is 18.2 Å². The van der Waals surface area contributed by atoms with Crippen LogP contribution in [0.5, 0.6) is 0 Å². The van der Waals surface area contributed by atoms with E-state index in [0.717, 1.165) is 19.4 Å². The van der Waals surface area contributed by atoms with E-state index in [4.69, 9.17) is 0 Å². The van der Waals surface area contributed by atoms with Crippen molar-refractivity contribution >= 4 is 11.7 Å². The van der Waals surface area contributed by atoms with Gasteiger partial charge in [-0.05, 0) is 50.3 Å². The number of carbonyl (C=O) groups is 1. The number of benzene rings is 2. The van der Waals surface area contributed by atoms with Crippen LogP contribution in [0.4, 0.5) is 14.9 Å². The van der Waals surface area contributed by atoms with E-state index in [9.17, 15) is 9.18 Å². The third-order valence-corrected chi connectivity index (χ3v) is 6.07. The molecule has 2 saturated heterocycles. The Labute approximate surface area is 166 Å². The summed E-state index contributed by atoms with van der Waals surface area (Å²) >= 11 is 0. The van der Waals surface area contributed by atoms with E-state index in [1.807, 2.05) is 0 Å². The van der Waals surface area contributed by atoms with Gasteiger partial charge in [0.2, 0.25) is 0 Å². The first-order valence-electron chi connectivity index (χ1n) is 10.2. The smallest absolute Gasteiger partial charge is 0.319 e. The Hall–Kier alpha value is -2.40. The molecular formula is C23H28FN3O. The van der Waals surface area contributed by atoms with Gasteiger partial charge in [0.05, 0.1) is 5.69 Å². The summed E-state index contributed by atoms with van der Waals surface area (Å²) in [6.45, 7) is 3.09. The number of halogens is 1. The van der Waals surface area contributed by atoms with Crippen molar-refractivity contribution in [2.45, 2.75) is 63.7 Å². The Morgan fingerprint density at radius 2 is 1.75 bits per heavy atom. The number of fused-ring (bicyclic) bond motifs is 2. The maximum atomic E-state index is 13.8. The highest BCUT2D eigenvalue weighted by molar-refractivity contribution is 5.89. The average Bonchev–Trinajstić information content (AvgIpc) is 2.66. The van der Waals surface area contributed by atoms with Crippen LogP contribution in [-0.2, 0) is 6.54 Å². The van der Waals surface area contributed by atoms with Crippen molar-refractivity contribution in [3.63, 3.8) is 0 Å². The highest BCUT2D eigenvalue weighted by atomic mass is 19.1. The number of nitrogens with zero attached hydrogens (tertiary/aromatic N) is 1. The van der Waals surface area contributed by atoms with Gasteiger partial charge in [-0.25, -0.2) is 9.18 Å². The van der Waals surface area contributed by atoms with E-state index in [0.29, 0.717) is 12.1 Å². The van der Waals surface area contributed by atoms with Gasteiger partial charge >= 0.3 is 6.03 Å². The standard InChI is InChI=1S/C23H28FN3O/c1-16-9-11-17(12-10-16)15-27-19-5-4-6-20(27)14-18(13-19)25-23(28)26-22-8-3-2-7-21(22)24/h2-3,7-12,18-20H,4-6,13-15H2,1H3,(H2,25,26,28)/t19-,20-/m1/s1. The number of hydrogen-bond acceptors (Lipinski definition) is 2. The monoisotopic (exact) mass is 381 g/mol. The number of carbonyl (C=O) groups excluding carboxylic acids is 1. The average molecular weight is 381 g/mol. The highest BCUT2D eigenvalue weighted by Gasteiger charge is 2.38. The van der Waals surface area contributed by atoms with Gasteiger partial charge in [0, 0.05) is 24.7 Å². The second-order valence-electron chi connectivity index (χ2n) is 8.14. The molecule has 0 saturated carbocycles. The highest BCUT2D eigenvalue weighted by Crippen LogP contribution is 2.35. The number of urea groups is 1. The molecule has 2 atom stereocenters. The van der Waals surface area contributed by atoms with Crippen LogP contribution in [0, 0.1) is 12.7 Å². The minimum atomic E-state index is -0.414. The summed E-state index contributed by atoms with van der Waals surface area (Å²) in [5, 5.41) is 5.71. The molecule has 2 aromatic rings. The van der Waals surface area contributed by atoms with E-state index in [2.05, 4.69) is 46.7 Å². The van der Waals surface area contributed by atoms with Crippen molar-refractivity contribution in [3.05, 3.63) is 65.5 Å². The Kier molecular flexibility index (Phi) is 5.62. The molecule has 2 amide bonds. The number of rotatable bonds is 4. The SMILES string of the molecule is Cc1ccc(CN2[C@@H]3CCC[C@@H]2CC(NC(=O)Nc2ccccc2F)C3)cc1. The molecule has 0 aliphatic carbocycles. The first-order valence-corrected chi connectivity index (χ1v) is 10.2. The van der Waals surface area contributed by atoms with Crippen molar-refractivity contribution in [2.24, 2.45) is 0 Å². The van der Waals surface area contributed by atoms with E-state index in [-0.39, 0.29) is 17.8 Å². The third-order valence-electron chi connectivity index (χ3n) is 6.07. The van der Waals surface area contributed by atoms with E-state index in [1.165, 1.54) is 36.5 Å². The largest absolute Gasteiger partial charge is 0.335 e. The molecule has 0 unspecified atom stereocenters. The number of hydrogen-bond donors (Lipinski definition) is 2. The predicted molar refractivity (Wildman–Crippen MR) is 110 cm³/mol. The van der Waals surface area contributed by atoms with Crippen molar-refractivity contribution in [2.75, 3.05) is 5.32 Å². The number of para-hydroxylation sites is 1. The molecule has 5 heteroatoms. The summed E-state index contributed by atoms with van der Waals surface area (Å²) in [6, 6.07) is 15.8. The van der Waals surface area contributed by atoms with Crippen LogP contribution >= 0.6 is 0 Å². The molecule has 2 N–H and O–H groups in total. The van der Waals surface area contributed by atoms with Crippen molar-refractivity contribution in [1.82, 2.24) is 10.2 Å². The summed E-state index contributed by atoms with van der Waals surface area (Å²) in [5.74, 6) is -0.414. The second kappa shape index (κ2) is 8.31. The minimum absolute atomic E-state index is 0.136. The lowest BCUT2D eigenvalue weighted by Crippen LogP contribution is -2.56. The molecule has 4 rings (SSSR count). The fourth-order valence-electron chi connectivity index (χ4n) is 4.67. The molecule has 0 radical (unpaired) electrons. The summed E-state index contributed by atoms with van der Waals surface area (Å²) in [5.41, 5.74) is 2.86. The Balaban J connectivity index is 1.37. The molecule has 2 heterocycles. The molecule has 2 bridgehead atoms. The van der Waals surface area contributed by atoms with Gasteiger partial charge in [-0.2, -0.15) is 0 Å². The second-order valence-corrected chi connectivity index (χ2v) is 8.14. The maximum Gasteiger partial charge on any atom is 0.319 e. The molecule has 2 aromatic carbocycles. The van der Waals surface area contributed by atoms with Crippen LogP contribution in [0.2, 0.25) is 0 Å². The predicted octanol–water partition coefficient (Wildman–Crippen LogP) is 4.84. The van der Waals surface area contributed by atoms with Crippen LogP contribution in [0.1, 0.15) is 43.2 Å². The third kappa shape index (κ3) is 4.36. The molecular weight excluding hydrogens is 353 g/mol. The van der Waals surface area contributed by atoms with E-state index < -0.39 is 5.82 Å². The van der Waals surface area contributed by atoms with Gasteiger partial charge in [-0.15, -0.1) is 0 Å². The molecule has 2 aliphatic heterocycles. The number of amides is 2. The zero-order valence-electron chi connectivity index (χ0n) is 16.3. The molecule has 4 nitrogen and oxygen atoms in total. The first kappa shape index (κ1) is 18.9. The lowest BCUT2D eigenvalue weighted by molar-refractivity contribution is 0.0200. The van der Waals surface area contributed by atoms with Crippen LogP contribution in [0.3, 0.4) is 0 Å². The van der Waals surface area contributed by atoms with Crippen molar-refractivity contribution in [3.8, 4) is 0 Å². The van der Waals surface area contributed by atoms with E-state index >= 15 is 0 Å². The summed E-state index contributed by atoms with van der Waals surface area (Å²) in [6.07, 6.45) is 5.51. The van der Waals surface area contributed by atoms with Crippen LogP contribution in [-0.4, -0.2) is 29.1 Å². The maximum absolute atomic E-state index is 13.8. The fourth-order valence-corrected chi connectivity index (χ4v) is 4.67. The van der Waals surface area contributed by atoms with Crippen molar-refractivity contribution in [1.29, 1.82) is 0 Å².